The normalized spacial score (nSPS) is 18.7. The number of anilines is 1. The van der Waals surface area contributed by atoms with Gasteiger partial charge in [-0.3, -0.25) is 14.4 Å². The summed E-state index contributed by atoms with van der Waals surface area (Å²) in [4.78, 5) is 39.6. The smallest absolute Gasteiger partial charge is 0.266 e. The highest BCUT2D eigenvalue weighted by atomic mass is 32.2. The molecule has 0 saturated carbocycles. The molecule has 0 unspecified atom stereocenters. The van der Waals surface area contributed by atoms with E-state index in [9.17, 15) is 14.4 Å². The molecule has 1 aromatic carbocycles. The largest absolute Gasteiger partial charge is 0.365 e. The van der Waals surface area contributed by atoms with E-state index in [0.29, 0.717) is 27.8 Å². The van der Waals surface area contributed by atoms with E-state index in [1.165, 1.54) is 28.7 Å². The average molecular weight is 402 g/mol. The molecule has 0 radical (unpaired) electrons. The standard InChI is InChI=1S/C19H19N3O3S2/c1-10-4-6-11(7-5-10)9-26-19-13(16(20)23)14-15(27-19)18(25)22-8-2-3-12(22)17(24)21-14/h4-7,12H,2-3,8-9H2,1H3,(H2,20,23)(H,21,24)/t12-/m1/s1. The summed E-state index contributed by atoms with van der Waals surface area (Å²) in [5.41, 5.74) is 8.42. The summed E-state index contributed by atoms with van der Waals surface area (Å²) < 4.78 is 0.666. The second-order valence-corrected chi connectivity index (χ2v) is 9.02. The molecule has 0 spiro atoms. The highest BCUT2D eigenvalue weighted by Gasteiger charge is 2.41. The summed E-state index contributed by atoms with van der Waals surface area (Å²) in [6.45, 7) is 2.59. The van der Waals surface area contributed by atoms with Crippen molar-refractivity contribution in [2.24, 2.45) is 5.73 Å². The van der Waals surface area contributed by atoms with Gasteiger partial charge in [0.25, 0.3) is 11.8 Å². The van der Waals surface area contributed by atoms with Crippen LogP contribution in [0.15, 0.2) is 28.5 Å². The van der Waals surface area contributed by atoms with Crippen LogP contribution in [0.2, 0.25) is 0 Å². The Labute approximate surface area is 165 Å². The number of hydrogen-bond donors (Lipinski definition) is 2. The third-order valence-corrected chi connectivity index (χ3v) is 7.39. The summed E-state index contributed by atoms with van der Waals surface area (Å²) in [6.07, 6.45) is 1.45. The minimum atomic E-state index is -0.630. The van der Waals surface area contributed by atoms with E-state index >= 15 is 0 Å². The maximum Gasteiger partial charge on any atom is 0.266 e. The molecule has 1 saturated heterocycles. The summed E-state index contributed by atoms with van der Waals surface area (Å²) in [5.74, 6) is -0.418. The summed E-state index contributed by atoms with van der Waals surface area (Å²) >= 11 is 2.70. The zero-order valence-corrected chi connectivity index (χ0v) is 16.4. The fourth-order valence-corrected chi connectivity index (χ4v) is 5.91. The molecule has 140 valence electrons. The van der Waals surface area contributed by atoms with Crippen LogP contribution in [-0.4, -0.2) is 35.2 Å². The first kappa shape index (κ1) is 18.1. The molecule has 4 rings (SSSR count). The first-order chi connectivity index (χ1) is 13.0. The molecule has 8 heteroatoms. The first-order valence-corrected chi connectivity index (χ1v) is 10.5. The maximum absolute atomic E-state index is 12.9. The number of primary amides is 1. The van der Waals surface area contributed by atoms with Crippen molar-refractivity contribution < 1.29 is 14.4 Å². The molecule has 3 N–H and O–H groups in total. The van der Waals surface area contributed by atoms with Crippen LogP contribution < -0.4 is 11.1 Å². The van der Waals surface area contributed by atoms with Gasteiger partial charge in [0.1, 0.15) is 10.9 Å². The molecule has 1 fully saturated rings. The Kier molecular flexibility index (Phi) is 4.69. The molecule has 3 heterocycles. The fraction of sp³-hybridized carbons (Fsp3) is 0.316. The molecule has 3 amide bonds. The Morgan fingerprint density at radius 3 is 2.78 bits per heavy atom. The van der Waals surface area contributed by atoms with Crippen molar-refractivity contribution in [2.45, 2.75) is 35.8 Å². The van der Waals surface area contributed by atoms with Crippen LogP contribution in [-0.2, 0) is 10.5 Å². The van der Waals surface area contributed by atoms with Gasteiger partial charge in [0.15, 0.2) is 0 Å². The summed E-state index contributed by atoms with van der Waals surface area (Å²) in [6, 6.07) is 7.68. The molecule has 2 aliphatic rings. The monoisotopic (exact) mass is 401 g/mol. The molecule has 2 aromatic rings. The number of carbonyl (C=O) groups is 3. The van der Waals surface area contributed by atoms with Crippen molar-refractivity contribution in [3.8, 4) is 0 Å². The molecule has 27 heavy (non-hydrogen) atoms. The molecular weight excluding hydrogens is 382 g/mol. The number of carbonyl (C=O) groups excluding carboxylic acids is 3. The van der Waals surface area contributed by atoms with E-state index in [4.69, 9.17) is 5.73 Å². The number of thiophene rings is 1. The van der Waals surface area contributed by atoms with Crippen LogP contribution in [0.5, 0.6) is 0 Å². The third-order valence-electron chi connectivity index (χ3n) is 4.87. The van der Waals surface area contributed by atoms with Crippen molar-refractivity contribution in [3.05, 3.63) is 45.8 Å². The zero-order valence-electron chi connectivity index (χ0n) is 14.8. The second kappa shape index (κ2) is 7.01. The predicted molar refractivity (Wildman–Crippen MR) is 106 cm³/mol. The highest BCUT2D eigenvalue weighted by molar-refractivity contribution is 8.00. The van der Waals surface area contributed by atoms with Crippen LogP contribution in [0.25, 0.3) is 0 Å². The lowest BCUT2D eigenvalue weighted by atomic mass is 10.2. The van der Waals surface area contributed by atoms with Gasteiger partial charge in [-0.15, -0.1) is 23.1 Å². The quantitative estimate of drug-likeness (QED) is 0.771. The van der Waals surface area contributed by atoms with E-state index in [-0.39, 0.29) is 23.1 Å². The molecular formula is C19H19N3O3S2. The van der Waals surface area contributed by atoms with Gasteiger partial charge in [-0.05, 0) is 25.3 Å². The second-order valence-electron chi connectivity index (χ2n) is 6.75. The van der Waals surface area contributed by atoms with Gasteiger partial charge in [0.05, 0.1) is 15.5 Å². The number of hydrogen-bond acceptors (Lipinski definition) is 5. The number of thioether (sulfide) groups is 1. The van der Waals surface area contributed by atoms with Crippen LogP contribution >= 0.6 is 23.1 Å². The van der Waals surface area contributed by atoms with Gasteiger partial charge in [-0.1, -0.05) is 29.8 Å². The molecule has 2 aliphatic heterocycles. The van der Waals surface area contributed by atoms with Gasteiger partial charge >= 0.3 is 0 Å². The minimum Gasteiger partial charge on any atom is -0.365 e. The molecule has 6 nitrogen and oxygen atoms in total. The number of fused-ring (bicyclic) bond motifs is 2. The first-order valence-electron chi connectivity index (χ1n) is 8.72. The summed E-state index contributed by atoms with van der Waals surface area (Å²) in [5, 5.41) is 2.80. The van der Waals surface area contributed by atoms with Crippen molar-refractivity contribution in [1.82, 2.24) is 4.90 Å². The van der Waals surface area contributed by atoms with E-state index in [1.807, 2.05) is 31.2 Å². The van der Waals surface area contributed by atoms with Gasteiger partial charge < -0.3 is 16.0 Å². The summed E-state index contributed by atoms with van der Waals surface area (Å²) in [7, 11) is 0. The number of nitrogens with one attached hydrogen (secondary N) is 1. The lowest BCUT2D eigenvalue weighted by Gasteiger charge is -2.19. The van der Waals surface area contributed by atoms with Crippen LogP contribution in [0.4, 0.5) is 5.69 Å². The van der Waals surface area contributed by atoms with Crippen molar-refractivity contribution in [2.75, 3.05) is 11.9 Å². The number of nitrogens with zero attached hydrogens (tertiary/aromatic N) is 1. The number of rotatable bonds is 4. The SMILES string of the molecule is Cc1ccc(CSc2sc3c(c2C(N)=O)NC(=O)[C@H]2CCCN2C3=O)cc1. The lowest BCUT2D eigenvalue weighted by Crippen LogP contribution is -2.40. The maximum atomic E-state index is 12.9. The number of amides is 3. The van der Waals surface area contributed by atoms with E-state index < -0.39 is 11.9 Å². The Hall–Kier alpha value is -2.32. The Bertz CT molecular complexity index is 936. The fourth-order valence-electron chi connectivity index (χ4n) is 3.46. The van der Waals surface area contributed by atoms with Gasteiger partial charge in [0, 0.05) is 12.3 Å². The van der Waals surface area contributed by atoms with Crippen molar-refractivity contribution in [1.29, 1.82) is 0 Å². The van der Waals surface area contributed by atoms with E-state index in [0.717, 1.165) is 12.0 Å². The van der Waals surface area contributed by atoms with Crippen molar-refractivity contribution in [3.63, 3.8) is 0 Å². The van der Waals surface area contributed by atoms with E-state index in [1.54, 1.807) is 4.90 Å². The number of benzene rings is 1. The average Bonchev–Trinajstić information content (AvgIpc) is 3.23. The minimum absolute atomic E-state index is 0.194. The van der Waals surface area contributed by atoms with E-state index in [2.05, 4.69) is 5.32 Å². The third kappa shape index (κ3) is 3.23. The van der Waals surface area contributed by atoms with Crippen LogP contribution in [0, 0.1) is 6.92 Å². The molecule has 0 aliphatic carbocycles. The predicted octanol–water partition coefficient (Wildman–Crippen LogP) is 3.00. The number of aryl methyl sites for hydroxylation is 1. The van der Waals surface area contributed by atoms with Gasteiger partial charge in [0.2, 0.25) is 5.91 Å². The molecule has 1 aromatic heterocycles. The Morgan fingerprint density at radius 2 is 2.07 bits per heavy atom. The molecule has 0 bridgehead atoms. The van der Waals surface area contributed by atoms with Crippen LogP contribution in [0.3, 0.4) is 0 Å². The Balaban J connectivity index is 1.69. The van der Waals surface area contributed by atoms with Crippen molar-refractivity contribution >= 4 is 46.5 Å². The number of nitrogens with two attached hydrogens (primary N) is 1. The molecule has 1 atom stereocenters. The lowest BCUT2D eigenvalue weighted by molar-refractivity contribution is -0.119. The van der Waals surface area contributed by atoms with Crippen LogP contribution in [0.1, 0.15) is 44.0 Å². The topological polar surface area (TPSA) is 92.5 Å². The zero-order chi connectivity index (χ0) is 19.1. The highest BCUT2D eigenvalue weighted by Crippen LogP contribution is 2.43. The van der Waals surface area contributed by atoms with Gasteiger partial charge in [-0.25, -0.2) is 0 Å². The van der Waals surface area contributed by atoms with Gasteiger partial charge in [-0.2, -0.15) is 0 Å². The Morgan fingerprint density at radius 1 is 1.33 bits per heavy atom.